The van der Waals surface area contributed by atoms with E-state index in [0.717, 1.165) is 0 Å². The van der Waals surface area contributed by atoms with Crippen molar-refractivity contribution in [3.05, 3.63) is 60.4 Å². The molecule has 2 saturated heterocycles. The van der Waals surface area contributed by atoms with Crippen molar-refractivity contribution in [2.75, 3.05) is 24.5 Å². The van der Waals surface area contributed by atoms with E-state index in [1.807, 2.05) is 12.1 Å². The molecule has 9 heteroatoms. The van der Waals surface area contributed by atoms with Gasteiger partial charge in [0.05, 0.1) is 11.8 Å². The van der Waals surface area contributed by atoms with E-state index in [4.69, 9.17) is 4.52 Å². The molecule has 0 saturated carbocycles. The Hall–Kier alpha value is -3.62. The summed E-state index contributed by atoms with van der Waals surface area (Å²) >= 11 is 0. The lowest BCUT2D eigenvalue weighted by molar-refractivity contribution is -0.140. The number of likely N-dealkylation sites (tertiary alicyclic amines) is 1. The minimum Gasteiger partial charge on any atom is -0.341 e. The van der Waals surface area contributed by atoms with E-state index in [1.54, 1.807) is 29.3 Å². The van der Waals surface area contributed by atoms with Crippen LogP contribution in [0.25, 0.3) is 11.5 Å². The van der Waals surface area contributed by atoms with Crippen LogP contribution in [0.1, 0.15) is 18.2 Å². The molecule has 0 unspecified atom stereocenters. The largest absolute Gasteiger partial charge is 0.341 e. The second-order valence-corrected chi connectivity index (χ2v) is 7.49. The van der Waals surface area contributed by atoms with E-state index < -0.39 is 5.92 Å². The van der Waals surface area contributed by atoms with E-state index in [1.165, 1.54) is 17.0 Å². The summed E-state index contributed by atoms with van der Waals surface area (Å²) in [6, 6.07) is 11.2. The summed E-state index contributed by atoms with van der Waals surface area (Å²) in [5.41, 5.74) is 1.23. The molecule has 2 amide bonds. The molecule has 2 aromatic heterocycles. The highest BCUT2D eigenvalue weighted by molar-refractivity contribution is 6.00. The maximum atomic E-state index is 13.1. The molecule has 0 spiro atoms. The summed E-state index contributed by atoms with van der Waals surface area (Å²) < 4.78 is 18.5. The molecule has 30 heavy (non-hydrogen) atoms. The van der Waals surface area contributed by atoms with Crippen LogP contribution >= 0.6 is 0 Å². The zero-order chi connectivity index (χ0) is 20.7. The van der Waals surface area contributed by atoms with Crippen molar-refractivity contribution in [1.29, 1.82) is 0 Å². The number of pyridine rings is 1. The highest BCUT2D eigenvalue weighted by Crippen LogP contribution is 2.32. The molecule has 2 fully saturated rings. The van der Waals surface area contributed by atoms with E-state index in [9.17, 15) is 14.0 Å². The van der Waals surface area contributed by atoms with Crippen molar-refractivity contribution in [2.24, 2.45) is 5.92 Å². The lowest BCUT2D eigenvalue weighted by Crippen LogP contribution is -2.51. The Labute approximate surface area is 171 Å². The Morgan fingerprint density at radius 2 is 1.90 bits per heavy atom. The van der Waals surface area contributed by atoms with Crippen molar-refractivity contribution in [3.63, 3.8) is 0 Å². The van der Waals surface area contributed by atoms with Gasteiger partial charge in [-0.3, -0.25) is 14.6 Å². The average molecular weight is 407 g/mol. The molecule has 152 valence electrons. The SMILES string of the molecule is O=C([C@H]1CC(=O)N(c2ccc(F)cc2)C1)N1CC(c2nc(-c3ccccn3)no2)C1. The minimum absolute atomic E-state index is 0.0239. The van der Waals surface area contributed by atoms with Crippen LogP contribution in [0.3, 0.4) is 0 Å². The summed E-state index contributed by atoms with van der Waals surface area (Å²) in [4.78, 5) is 37.0. The van der Waals surface area contributed by atoms with Crippen LogP contribution in [-0.4, -0.2) is 51.5 Å². The van der Waals surface area contributed by atoms with Crippen LogP contribution in [0.15, 0.2) is 53.2 Å². The molecule has 1 atom stereocenters. The van der Waals surface area contributed by atoms with Crippen LogP contribution in [0, 0.1) is 11.7 Å². The number of benzene rings is 1. The fourth-order valence-corrected chi connectivity index (χ4v) is 3.82. The first-order valence-corrected chi connectivity index (χ1v) is 9.68. The van der Waals surface area contributed by atoms with Gasteiger partial charge in [-0.2, -0.15) is 4.98 Å². The third-order valence-electron chi connectivity index (χ3n) is 5.49. The van der Waals surface area contributed by atoms with Crippen LogP contribution < -0.4 is 4.90 Å². The Morgan fingerprint density at radius 1 is 1.10 bits per heavy atom. The fourth-order valence-electron chi connectivity index (χ4n) is 3.82. The third-order valence-corrected chi connectivity index (χ3v) is 5.49. The van der Waals surface area contributed by atoms with E-state index in [2.05, 4.69) is 15.1 Å². The van der Waals surface area contributed by atoms with Crippen molar-refractivity contribution in [2.45, 2.75) is 12.3 Å². The first-order valence-electron chi connectivity index (χ1n) is 9.68. The van der Waals surface area contributed by atoms with Gasteiger partial charge < -0.3 is 14.3 Å². The molecule has 2 aliphatic heterocycles. The van der Waals surface area contributed by atoms with E-state index >= 15 is 0 Å². The molecule has 5 rings (SSSR count). The summed E-state index contributed by atoms with van der Waals surface area (Å²) in [5.74, 6) is -0.0826. The van der Waals surface area contributed by atoms with Gasteiger partial charge in [0, 0.05) is 37.9 Å². The molecule has 0 aliphatic carbocycles. The minimum atomic E-state index is -0.407. The number of hydrogen-bond donors (Lipinski definition) is 0. The smallest absolute Gasteiger partial charge is 0.233 e. The monoisotopic (exact) mass is 407 g/mol. The average Bonchev–Trinajstić information content (AvgIpc) is 3.35. The predicted octanol–water partition coefficient (Wildman–Crippen LogP) is 2.25. The fraction of sp³-hybridized carbons (Fsp3) is 0.286. The molecular formula is C21H18FN5O3. The normalized spacial score (nSPS) is 19.2. The summed E-state index contributed by atoms with van der Waals surface area (Å²) in [6.45, 7) is 1.25. The van der Waals surface area contributed by atoms with Crippen LogP contribution in [0.5, 0.6) is 0 Å². The van der Waals surface area contributed by atoms with Gasteiger partial charge in [-0.25, -0.2) is 4.39 Å². The first-order chi connectivity index (χ1) is 14.6. The Morgan fingerprint density at radius 3 is 2.63 bits per heavy atom. The Bertz CT molecular complexity index is 1080. The molecule has 0 bridgehead atoms. The second-order valence-electron chi connectivity index (χ2n) is 7.49. The molecule has 4 heterocycles. The number of amides is 2. The predicted molar refractivity (Wildman–Crippen MR) is 104 cm³/mol. The van der Waals surface area contributed by atoms with Gasteiger partial charge in [0.2, 0.25) is 23.5 Å². The van der Waals surface area contributed by atoms with E-state index in [-0.39, 0.29) is 30.0 Å². The molecule has 2 aliphatic rings. The van der Waals surface area contributed by atoms with E-state index in [0.29, 0.717) is 42.7 Å². The summed E-state index contributed by atoms with van der Waals surface area (Å²) in [7, 11) is 0. The van der Waals surface area contributed by atoms with Crippen molar-refractivity contribution in [3.8, 4) is 11.5 Å². The molecule has 8 nitrogen and oxygen atoms in total. The Kier molecular flexibility index (Phi) is 4.50. The number of carbonyl (C=O) groups excluding carboxylic acids is 2. The highest BCUT2D eigenvalue weighted by atomic mass is 19.1. The zero-order valence-electron chi connectivity index (χ0n) is 15.9. The second kappa shape index (κ2) is 7.33. The standard InChI is InChI=1S/C21H18FN5O3/c22-15-4-6-16(7-5-15)27-12-13(9-18(27)28)21(29)26-10-14(11-26)20-24-19(25-30-20)17-3-1-2-8-23-17/h1-8,13-14H,9-12H2/t13-/m0/s1. The summed E-state index contributed by atoms with van der Waals surface area (Å²) in [6.07, 6.45) is 1.81. The molecule has 0 N–H and O–H groups in total. The molecule has 1 aromatic carbocycles. The molecular weight excluding hydrogens is 389 g/mol. The van der Waals surface area contributed by atoms with Crippen molar-refractivity contribution >= 4 is 17.5 Å². The topological polar surface area (TPSA) is 92.4 Å². The lowest BCUT2D eigenvalue weighted by Gasteiger charge is -2.38. The molecule has 3 aromatic rings. The Balaban J connectivity index is 1.20. The molecule has 0 radical (unpaired) electrons. The van der Waals surface area contributed by atoms with Gasteiger partial charge in [-0.1, -0.05) is 11.2 Å². The zero-order valence-corrected chi connectivity index (χ0v) is 15.9. The number of carbonyl (C=O) groups is 2. The number of hydrogen-bond acceptors (Lipinski definition) is 6. The van der Waals surface area contributed by atoms with Gasteiger partial charge in [-0.15, -0.1) is 0 Å². The maximum absolute atomic E-state index is 13.1. The van der Waals surface area contributed by atoms with Crippen LogP contribution in [0.4, 0.5) is 10.1 Å². The third kappa shape index (κ3) is 3.32. The van der Waals surface area contributed by atoms with Gasteiger partial charge in [-0.05, 0) is 36.4 Å². The maximum Gasteiger partial charge on any atom is 0.233 e. The highest BCUT2D eigenvalue weighted by Gasteiger charge is 2.42. The summed E-state index contributed by atoms with van der Waals surface area (Å²) in [5, 5.41) is 3.97. The first kappa shape index (κ1) is 18.4. The van der Waals surface area contributed by atoms with Gasteiger partial charge in [0.25, 0.3) is 0 Å². The number of aromatic nitrogens is 3. The quantitative estimate of drug-likeness (QED) is 0.659. The number of halogens is 1. The number of anilines is 1. The van der Waals surface area contributed by atoms with Crippen molar-refractivity contribution < 1.29 is 18.5 Å². The van der Waals surface area contributed by atoms with Gasteiger partial charge >= 0.3 is 0 Å². The van der Waals surface area contributed by atoms with Crippen molar-refractivity contribution in [1.82, 2.24) is 20.0 Å². The van der Waals surface area contributed by atoms with Crippen LogP contribution in [0.2, 0.25) is 0 Å². The van der Waals surface area contributed by atoms with Crippen LogP contribution in [-0.2, 0) is 9.59 Å². The van der Waals surface area contributed by atoms with Gasteiger partial charge in [0.1, 0.15) is 11.5 Å². The lowest BCUT2D eigenvalue weighted by atomic mass is 9.96. The number of nitrogens with zero attached hydrogens (tertiary/aromatic N) is 5. The number of rotatable bonds is 4. The van der Waals surface area contributed by atoms with Gasteiger partial charge in [0.15, 0.2) is 0 Å².